The second kappa shape index (κ2) is 4.01. The minimum Gasteiger partial charge on any atom is -0.349 e. The molecule has 0 unspecified atom stereocenters. The number of aromatic nitrogens is 1. The van der Waals surface area contributed by atoms with Crippen LogP contribution >= 0.6 is 0 Å². The number of alkyl halides is 3. The first kappa shape index (κ1) is 11.9. The lowest BCUT2D eigenvalue weighted by Gasteiger charge is -2.10. The highest BCUT2D eigenvalue weighted by Crippen LogP contribution is 2.28. The van der Waals surface area contributed by atoms with Gasteiger partial charge in [0, 0.05) is 6.04 Å². The number of carbonyl (C=O) groups is 1. The highest BCUT2D eigenvalue weighted by Gasteiger charge is 2.33. The van der Waals surface area contributed by atoms with Crippen molar-refractivity contribution in [2.75, 3.05) is 0 Å². The van der Waals surface area contributed by atoms with Crippen molar-refractivity contribution in [1.82, 2.24) is 10.3 Å². The highest BCUT2D eigenvalue weighted by molar-refractivity contribution is 5.95. The zero-order chi connectivity index (χ0) is 12.6. The van der Waals surface area contributed by atoms with Crippen molar-refractivity contribution in [2.24, 2.45) is 0 Å². The minimum atomic E-state index is -4.48. The van der Waals surface area contributed by atoms with Crippen LogP contribution in [0.4, 0.5) is 13.2 Å². The smallest absolute Gasteiger partial charge is 0.349 e. The molecule has 1 aliphatic carbocycles. The standard InChI is InChI=1S/C11H11F3N2O/c1-6-8(10(17)16-7-2-3-7)4-5-9(15-6)11(12,13)14/h4-5,7H,2-3H2,1H3,(H,16,17). The Morgan fingerprint density at radius 2 is 2.06 bits per heavy atom. The van der Waals surface area contributed by atoms with Crippen LogP contribution < -0.4 is 5.32 Å². The lowest BCUT2D eigenvalue weighted by atomic mass is 10.1. The molecule has 1 N–H and O–H groups in total. The van der Waals surface area contributed by atoms with Crippen molar-refractivity contribution in [3.8, 4) is 0 Å². The number of halogens is 3. The Balaban J connectivity index is 2.21. The monoisotopic (exact) mass is 244 g/mol. The summed E-state index contributed by atoms with van der Waals surface area (Å²) in [5, 5.41) is 2.71. The lowest BCUT2D eigenvalue weighted by molar-refractivity contribution is -0.141. The molecule has 0 spiro atoms. The molecular weight excluding hydrogens is 233 g/mol. The average molecular weight is 244 g/mol. The quantitative estimate of drug-likeness (QED) is 0.867. The first-order valence-electron chi connectivity index (χ1n) is 5.23. The highest BCUT2D eigenvalue weighted by atomic mass is 19.4. The molecule has 3 nitrogen and oxygen atoms in total. The molecule has 0 saturated heterocycles. The third-order valence-electron chi connectivity index (χ3n) is 2.53. The molecule has 0 aromatic carbocycles. The summed E-state index contributed by atoms with van der Waals surface area (Å²) in [7, 11) is 0. The Kier molecular flexibility index (Phi) is 2.81. The van der Waals surface area contributed by atoms with Crippen molar-refractivity contribution < 1.29 is 18.0 Å². The topological polar surface area (TPSA) is 42.0 Å². The van der Waals surface area contributed by atoms with E-state index < -0.39 is 11.9 Å². The fourth-order valence-electron chi connectivity index (χ4n) is 1.45. The van der Waals surface area contributed by atoms with Crippen molar-refractivity contribution in [1.29, 1.82) is 0 Å². The molecule has 1 aliphatic rings. The third-order valence-corrected chi connectivity index (χ3v) is 2.53. The number of nitrogens with zero attached hydrogens (tertiary/aromatic N) is 1. The van der Waals surface area contributed by atoms with Crippen LogP contribution in [0, 0.1) is 6.92 Å². The Hall–Kier alpha value is -1.59. The summed E-state index contributed by atoms with van der Waals surface area (Å²) >= 11 is 0. The molecule has 1 fully saturated rings. The van der Waals surface area contributed by atoms with E-state index in [-0.39, 0.29) is 23.2 Å². The largest absolute Gasteiger partial charge is 0.433 e. The summed E-state index contributed by atoms with van der Waals surface area (Å²) in [6, 6.07) is 2.17. The van der Waals surface area contributed by atoms with Gasteiger partial charge < -0.3 is 5.32 Å². The Labute approximate surface area is 96.0 Å². The first-order valence-corrected chi connectivity index (χ1v) is 5.23. The Morgan fingerprint density at radius 1 is 1.41 bits per heavy atom. The van der Waals surface area contributed by atoms with Gasteiger partial charge in [0.25, 0.3) is 5.91 Å². The molecule has 92 valence electrons. The van der Waals surface area contributed by atoms with Crippen LogP contribution in [0.5, 0.6) is 0 Å². The van der Waals surface area contributed by atoms with Gasteiger partial charge >= 0.3 is 6.18 Å². The third kappa shape index (κ3) is 2.75. The molecule has 0 radical (unpaired) electrons. The Morgan fingerprint density at radius 3 is 2.53 bits per heavy atom. The van der Waals surface area contributed by atoms with E-state index in [1.807, 2.05) is 0 Å². The molecule has 1 amide bonds. The number of amides is 1. The van der Waals surface area contributed by atoms with Crippen LogP contribution in [0.25, 0.3) is 0 Å². The average Bonchev–Trinajstić information content (AvgIpc) is 2.99. The maximum absolute atomic E-state index is 12.4. The maximum Gasteiger partial charge on any atom is 0.433 e. The van der Waals surface area contributed by atoms with Crippen LogP contribution in [-0.4, -0.2) is 16.9 Å². The number of hydrogen-bond acceptors (Lipinski definition) is 2. The SMILES string of the molecule is Cc1nc(C(F)(F)F)ccc1C(=O)NC1CC1. The van der Waals surface area contributed by atoms with Crippen molar-refractivity contribution in [3.05, 3.63) is 29.1 Å². The molecule has 1 aromatic heterocycles. The predicted molar refractivity (Wildman–Crippen MR) is 54.5 cm³/mol. The van der Waals surface area contributed by atoms with E-state index in [4.69, 9.17) is 0 Å². The predicted octanol–water partition coefficient (Wildman–Crippen LogP) is 2.30. The van der Waals surface area contributed by atoms with Gasteiger partial charge in [-0.05, 0) is 31.9 Å². The van der Waals surface area contributed by atoms with Crippen molar-refractivity contribution >= 4 is 5.91 Å². The van der Waals surface area contributed by atoms with E-state index >= 15 is 0 Å². The van der Waals surface area contributed by atoms with E-state index in [0.717, 1.165) is 18.9 Å². The number of rotatable bonds is 2. The number of pyridine rings is 1. The van der Waals surface area contributed by atoms with Crippen molar-refractivity contribution in [2.45, 2.75) is 32.0 Å². The number of carbonyl (C=O) groups excluding carboxylic acids is 1. The van der Waals surface area contributed by atoms with Crippen molar-refractivity contribution in [3.63, 3.8) is 0 Å². The zero-order valence-electron chi connectivity index (χ0n) is 9.14. The van der Waals surface area contributed by atoms with Gasteiger partial charge in [0.1, 0.15) is 5.69 Å². The van der Waals surface area contributed by atoms with Gasteiger partial charge in [-0.1, -0.05) is 0 Å². The van der Waals surface area contributed by atoms with E-state index in [1.165, 1.54) is 13.0 Å². The normalized spacial score (nSPS) is 15.8. The molecule has 0 atom stereocenters. The zero-order valence-corrected chi connectivity index (χ0v) is 9.14. The van der Waals surface area contributed by atoms with Gasteiger partial charge in [0.05, 0.1) is 11.3 Å². The van der Waals surface area contributed by atoms with Gasteiger partial charge in [-0.25, -0.2) is 4.98 Å². The Bertz CT molecular complexity index is 453. The lowest BCUT2D eigenvalue weighted by Crippen LogP contribution is -2.26. The molecule has 1 aromatic rings. The van der Waals surface area contributed by atoms with Crippen LogP contribution in [0.15, 0.2) is 12.1 Å². The van der Waals surface area contributed by atoms with E-state index in [1.54, 1.807) is 0 Å². The molecule has 0 bridgehead atoms. The fourth-order valence-corrected chi connectivity index (χ4v) is 1.45. The van der Waals surface area contributed by atoms with E-state index in [2.05, 4.69) is 10.3 Å². The number of hydrogen-bond donors (Lipinski definition) is 1. The molecule has 6 heteroatoms. The van der Waals surface area contributed by atoms with E-state index in [0.29, 0.717) is 0 Å². The summed E-state index contributed by atoms with van der Waals surface area (Å²) in [4.78, 5) is 15.1. The maximum atomic E-state index is 12.4. The number of aryl methyl sites for hydroxylation is 1. The summed E-state index contributed by atoms with van der Waals surface area (Å²) in [6.07, 6.45) is -2.62. The van der Waals surface area contributed by atoms with Crippen LogP contribution in [0.3, 0.4) is 0 Å². The van der Waals surface area contributed by atoms with Crippen LogP contribution in [0.1, 0.15) is 34.6 Å². The summed E-state index contributed by atoms with van der Waals surface area (Å²) in [5.74, 6) is -0.355. The van der Waals surface area contributed by atoms with Gasteiger partial charge in [-0.15, -0.1) is 0 Å². The molecular formula is C11H11F3N2O. The second-order valence-electron chi connectivity index (χ2n) is 4.07. The molecule has 1 saturated carbocycles. The summed E-state index contributed by atoms with van der Waals surface area (Å²) < 4.78 is 37.1. The molecule has 17 heavy (non-hydrogen) atoms. The van der Waals surface area contributed by atoms with Gasteiger partial charge in [-0.3, -0.25) is 4.79 Å². The van der Waals surface area contributed by atoms with Crippen LogP contribution in [0.2, 0.25) is 0 Å². The molecule has 0 aliphatic heterocycles. The summed E-state index contributed by atoms with van der Waals surface area (Å²) in [6.45, 7) is 1.40. The minimum absolute atomic E-state index is 0.0953. The van der Waals surface area contributed by atoms with Crippen LogP contribution in [-0.2, 0) is 6.18 Å². The fraction of sp³-hybridized carbons (Fsp3) is 0.455. The van der Waals surface area contributed by atoms with Gasteiger partial charge in [-0.2, -0.15) is 13.2 Å². The molecule has 1 heterocycles. The first-order chi connectivity index (χ1) is 7.88. The second-order valence-corrected chi connectivity index (χ2v) is 4.07. The van der Waals surface area contributed by atoms with Gasteiger partial charge in [0.2, 0.25) is 0 Å². The van der Waals surface area contributed by atoms with Gasteiger partial charge in [0.15, 0.2) is 0 Å². The van der Waals surface area contributed by atoms with E-state index in [9.17, 15) is 18.0 Å². The summed E-state index contributed by atoms with van der Waals surface area (Å²) in [5.41, 5.74) is -0.680. The molecule has 2 rings (SSSR count). The number of nitrogens with one attached hydrogen (secondary N) is 1.